The van der Waals surface area contributed by atoms with E-state index in [4.69, 9.17) is 10.5 Å². The van der Waals surface area contributed by atoms with Gasteiger partial charge in [0.05, 0.1) is 12.3 Å². The maximum absolute atomic E-state index is 11.8. The van der Waals surface area contributed by atoms with Crippen molar-refractivity contribution in [3.63, 3.8) is 0 Å². The van der Waals surface area contributed by atoms with E-state index < -0.39 is 0 Å². The number of pyridine rings is 1. The van der Waals surface area contributed by atoms with Gasteiger partial charge in [-0.3, -0.25) is 4.79 Å². The Balaban J connectivity index is 2.25. The van der Waals surface area contributed by atoms with E-state index in [-0.39, 0.29) is 11.9 Å². The van der Waals surface area contributed by atoms with Gasteiger partial charge in [0.1, 0.15) is 11.9 Å². The minimum Gasteiger partial charge on any atom is -0.476 e. The van der Waals surface area contributed by atoms with E-state index >= 15 is 0 Å². The largest absolute Gasteiger partial charge is 0.476 e. The van der Waals surface area contributed by atoms with Crippen molar-refractivity contribution >= 4 is 17.4 Å². The number of amides is 1. The highest BCUT2D eigenvalue weighted by molar-refractivity contribution is 5.85. The Morgan fingerprint density at radius 1 is 1.63 bits per heavy atom. The predicted octanol–water partition coefficient (Wildman–Crippen LogP) is 0.777. The van der Waals surface area contributed by atoms with Crippen LogP contribution in [0.25, 0.3) is 0 Å². The van der Waals surface area contributed by atoms with E-state index in [1.807, 2.05) is 17.9 Å². The van der Waals surface area contributed by atoms with Gasteiger partial charge in [-0.1, -0.05) is 0 Å². The molecule has 0 spiro atoms. The summed E-state index contributed by atoms with van der Waals surface area (Å²) in [5.41, 5.74) is 6.32. The Kier molecular flexibility index (Phi) is 4.09. The van der Waals surface area contributed by atoms with Gasteiger partial charge in [0.25, 0.3) is 0 Å². The molecule has 1 atom stereocenters. The topological polar surface area (TPSA) is 80.5 Å². The number of hydrogen-bond acceptors (Lipinski definition) is 5. The third-order valence-electron chi connectivity index (χ3n) is 3.25. The Hall–Kier alpha value is -1.98. The number of ether oxygens (including phenoxy) is 1. The summed E-state index contributed by atoms with van der Waals surface area (Å²) in [5.74, 6) is 1.19. The highest BCUT2D eigenvalue weighted by Crippen LogP contribution is 2.28. The van der Waals surface area contributed by atoms with Crippen LogP contribution in [0.1, 0.15) is 19.8 Å². The molecule has 2 heterocycles. The first-order chi connectivity index (χ1) is 9.17. The zero-order chi connectivity index (χ0) is 13.8. The lowest BCUT2D eigenvalue weighted by molar-refractivity contribution is -0.121. The van der Waals surface area contributed by atoms with Crippen molar-refractivity contribution in [2.45, 2.75) is 25.8 Å². The van der Waals surface area contributed by atoms with E-state index in [0.717, 1.165) is 25.2 Å². The van der Waals surface area contributed by atoms with Crippen molar-refractivity contribution in [2.24, 2.45) is 0 Å². The van der Waals surface area contributed by atoms with Gasteiger partial charge in [-0.15, -0.1) is 0 Å². The summed E-state index contributed by atoms with van der Waals surface area (Å²) < 4.78 is 5.40. The summed E-state index contributed by atoms with van der Waals surface area (Å²) in [6.07, 6.45) is 1.82. The highest BCUT2D eigenvalue weighted by atomic mass is 16.5. The van der Waals surface area contributed by atoms with Gasteiger partial charge in [0.15, 0.2) is 0 Å². The number of likely N-dealkylation sites (N-methyl/N-ethyl adjacent to an activating group) is 1. The molecule has 104 valence electrons. The minimum absolute atomic E-state index is 0.0223. The SMILES string of the molecule is CCOc1nc(N2CCCC2C(=O)NC)ccc1N. The van der Waals surface area contributed by atoms with Crippen molar-refractivity contribution in [3.8, 4) is 5.88 Å². The molecule has 6 heteroatoms. The Morgan fingerprint density at radius 3 is 3.11 bits per heavy atom. The van der Waals surface area contributed by atoms with Gasteiger partial charge in [-0.2, -0.15) is 4.98 Å². The second-order valence-electron chi connectivity index (χ2n) is 4.46. The molecule has 0 saturated carbocycles. The second-order valence-corrected chi connectivity index (χ2v) is 4.46. The van der Waals surface area contributed by atoms with Crippen molar-refractivity contribution in [1.82, 2.24) is 10.3 Å². The number of hydrogen-bond donors (Lipinski definition) is 2. The summed E-state index contributed by atoms with van der Waals surface area (Å²) in [6.45, 7) is 3.22. The third kappa shape index (κ3) is 2.72. The maximum Gasteiger partial charge on any atom is 0.242 e. The zero-order valence-corrected chi connectivity index (χ0v) is 11.3. The minimum atomic E-state index is -0.157. The van der Waals surface area contributed by atoms with Gasteiger partial charge >= 0.3 is 0 Å². The molecule has 0 bridgehead atoms. The summed E-state index contributed by atoms with van der Waals surface area (Å²) in [6, 6.07) is 3.45. The molecule has 0 aromatic carbocycles. The molecule has 1 saturated heterocycles. The first kappa shape index (κ1) is 13.5. The van der Waals surface area contributed by atoms with Crippen molar-refractivity contribution in [2.75, 3.05) is 30.8 Å². The Labute approximate surface area is 112 Å². The third-order valence-corrected chi connectivity index (χ3v) is 3.25. The summed E-state index contributed by atoms with van der Waals surface area (Å²) in [4.78, 5) is 18.2. The molecule has 1 aliphatic rings. The molecule has 1 amide bonds. The molecule has 1 fully saturated rings. The summed E-state index contributed by atoms with van der Waals surface area (Å²) >= 11 is 0. The average Bonchev–Trinajstić information content (AvgIpc) is 2.90. The second kappa shape index (κ2) is 5.77. The van der Waals surface area contributed by atoms with E-state index in [1.165, 1.54) is 0 Å². The normalized spacial score (nSPS) is 18.4. The van der Waals surface area contributed by atoms with Gasteiger partial charge in [-0.05, 0) is 31.9 Å². The quantitative estimate of drug-likeness (QED) is 0.840. The maximum atomic E-state index is 11.8. The molecule has 19 heavy (non-hydrogen) atoms. The van der Waals surface area contributed by atoms with E-state index in [9.17, 15) is 4.79 Å². The van der Waals surface area contributed by atoms with Crippen LogP contribution in [0, 0.1) is 0 Å². The highest BCUT2D eigenvalue weighted by Gasteiger charge is 2.31. The number of carbonyl (C=O) groups is 1. The van der Waals surface area contributed by atoms with E-state index in [0.29, 0.717) is 18.2 Å². The lowest BCUT2D eigenvalue weighted by Crippen LogP contribution is -2.42. The molecule has 6 nitrogen and oxygen atoms in total. The van der Waals surface area contributed by atoms with Crippen LogP contribution in [0.4, 0.5) is 11.5 Å². The van der Waals surface area contributed by atoms with Crippen LogP contribution in [0.2, 0.25) is 0 Å². The van der Waals surface area contributed by atoms with Crippen LogP contribution in [0.3, 0.4) is 0 Å². The standard InChI is InChI=1S/C13H20N4O2/c1-3-19-13-9(14)6-7-11(16-13)17-8-4-5-10(17)12(18)15-2/h6-7,10H,3-5,8,14H2,1-2H3,(H,15,18). The number of anilines is 2. The first-order valence-corrected chi connectivity index (χ1v) is 6.55. The van der Waals surface area contributed by atoms with Crippen LogP contribution in [-0.2, 0) is 4.79 Å². The average molecular weight is 264 g/mol. The smallest absolute Gasteiger partial charge is 0.242 e. The van der Waals surface area contributed by atoms with Crippen molar-refractivity contribution in [1.29, 1.82) is 0 Å². The van der Waals surface area contributed by atoms with Crippen LogP contribution >= 0.6 is 0 Å². The molecule has 1 aromatic rings. The Bertz CT molecular complexity index is 464. The molecular weight excluding hydrogens is 244 g/mol. The zero-order valence-electron chi connectivity index (χ0n) is 11.3. The summed E-state index contributed by atoms with van der Waals surface area (Å²) in [5, 5.41) is 2.69. The monoisotopic (exact) mass is 264 g/mol. The fourth-order valence-electron chi connectivity index (χ4n) is 2.33. The molecule has 1 unspecified atom stereocenters. The van der Waals surface area contributed by atoms with Crippen LogP contribution < -0.4 is 20.7 Å². The molecule has 3 N–H and O–H groups in total. The van der Waals surface area contributed by atoms with Crippen LogP contribution in [0.15, 0.2) is 12.1 Å². The fourth-order valence-corrected chi connectivity index (χ4v) is 2.33. The number of rotatable bonds is 4. The number of nitrogen functional groups attached to an aromatic ring is 1. The Morgan fingerprint density at radius 2 is 2.42 bits per heavy atom. The summed E-state index contributed by atoms with van der Waals surface area (Å²) in [7, 11) is 1.65. The first-order valence-electron chi connectivity index (χ1n) is 6.55. The number of nitrogens with one attached hydrogen (secondary N) is 1. The fraction of sp³-hybridized carbons (Fsp3) is 0.538. The predicted molar refractivity (Wildman–Crippen MR) is 74.3 cm³/mol. The molecule has 1 aliphatic heterocycles. The number of nitrogens with zero attached hydrogens (tertiary/aromatic N) is 2. The van der Waals surface area contributed by atoms with Crippen LogP contribution in [-0.4, -0.2) is 37.1 Å². The van der Waals surface area contributed by atoms with Crippen LogP contribution in [0.5, 0.6) is 5.88 Å². The molecule has 0 radical (unpaired) electrons. The van der Waals surface area contributed by atoms with Crippen molar-refractivity contribution in [3.05, 3.63) is 12.1 Å². The van der Waals surface area contributed by atoms with Crippen molar-refractivity contribution < 1.29 is 9.53 Å². The lowest BCUT2D eigenvalue weighted by Gasteiger charge is -2.24. The van der Waals surface area contributed by atoms with Gasteiger partial charge < -0.3 is 20.7 Å². The number of carbonyl (C=O) groups excluding carboxylic acids is 1. The van der Waals surface area contributed by atoms with Gasteiger partial charge in [0, 0.05) is 13.6 Å². The molecular formula is C13H20N4O2. The molecule has 2 rings (SSSR count). The van der Waals surface area contributed by atoms with Gasteiger partial charge in [-0.25, -0.2) is 0 Å². The number of aromatic nitrogens is 1. The van der Waals surface area contributed by atoms with Gasteiger partial charge in [0.2, 0.25) is 11.8 Å². The lowest BCUT2D eigenvalue weighted by atomic mass is 10.2. The number of nitrogens with two attached hydrogens (primary N) is 1. The van der Waals surface area contributed by atoms with E-state index in [2.05, 4.69) is 10.3 Å². The molecule has 0 aliphatic carbocycles. The molecule has 1 aromatic heterocycles. The van der Waals surface area contributed by atoms with E-state index in [1.54, 1.807) is 13.1 Å².